The molecule has 0 unspecified atom stereocenters. The normalized spacial score (nSPS) is 10.6. The van der Waals surface area contributed by atoms with E-state index >= 15 is 0 Å². The quantitative estimate of drug-likeness (QED) is 0.603. The van der Waals surface area contributed by atoms with E-state index in [1.807, 2.05) is 48.7 Å². The number of hydrogen-bond acceptors (Lipinski definition) is 4. The molecule has 0 N–H and O–H groups in total. The van der Waals surface area contributed by atoms with Gasteiger partial charge in [0.05, 0.1) is 6.54 Å². The van der Waals surface area contributed by atoms with Crippen molar-refractivity contribution in [1.29, 1.82) is 0 Å². The first-order valence-corrected chi connectivity index (χ1v) is 9.45. The Hall–Kier alpha value is -2.37. The molecule has 0 saturated heterocycles. The Labute approximate surface area is 162 Å². The van der Waals surface area contributed by atoms with Gasteiger partial charge in [0, 0.05) is 34.3 Å². The summed E-state index contributed by atoms with van der Waals surface area (Å²) >= 11 is 7.53. The molecule has 0 bridgehead atoms. The number of likely N-dealkylation sites (N-methyl/N-ethyl adjacent to an activating group) is 1. The zero-order valence-corrected chi connectivity index (χ0v) is 16.2. The number of carbonyl (C=O) groups is 1. The maximum atomic E-state index is 12.5. The highest BCUT2D eigenvalue weighted by molar-refractivity contribution is 7.13. The van der Waals surface area contributed by atoms with Crippen LogP contribution in [0.4, 0.5) is 0 Å². The smallest absolute Gasteiger partial charge is 0.253 e. The monoisotopic (exact) mass is 386 g/mol. The Kier molecular flexibility index (Phi) is 5.91. The zero-order chi connectivity index (χ0) is 18.5. The Morgan fingerprint density at radius 1 is 1.23 bits per heavy atom. The molecular weight excluding hydrogens is 368 g/mol. The first kappa shape index (κ1) is 18.4. The number of thiazole rings is 1. The van der Waals surface area contributed by atoms with Gasteiger partial charge in [0.15, 0.2) is 0 Å². The third-order valence-corrected chi connectivity index (χ3v) is 5.08. The highest BCUT2D eigenvalue weighted by Gasteiger charge is 2.12. The second kappa shape index (κ2) is 8.34. The van der Waals surface area contributed by atoms with E-state index in [0.29, 0.717) is 29.5 Å². The lowest BCUT2D eigenvalue weighted by Gasteiger charge is -2.17. The number of amides is 1. The summed E-state index contributed by atoms with van der Waals surface area (Å²) < 4.78 is 5.64. The molecule has 1 heterocycles. The van der Waals surface area contributed by atoms with E-state index < -0.39 is 0 Å². The average molecular weight is 387 g/mol. The van der Waals surface area contributed by atoms with Crippen molar-refractivity contribution in [2.75, 3.05) is 20.2 Å². The highest BCUT2D eigenvalue weighted by Crippen LogP contribution is 2.24. The predicted octanol–water partition coefficient (Wildman–Crippen LogP) is 4.92. The van der Waals surface area contributed by atoms with Crippen LogP contribution in [0.25, 0.3) is 10.6 Å². The van der Waals surface area contributed by atoms with Crippen molar-refractivity contribution < 1.29 is 9.53 Å². The fourth-order valence-corrected chi connectivity index (χ4v) is 3.41. The molecule has 0 aliphatic heterocycles. The minimum absolute atomic E-state index is 0.0402. The highest BCUT2D eigenvalue weighted by atomic mass is 35.5. The molecular formula is C20H19ClN2O2S. The van der Waals surface area contributed by atoms with E-state index in [1.165, 1.54) is 0 Å². The van der Waals surface area contributed by atoms with Crippen LogP contribution in [0.1, 0.15) is 16.1 Å². The third-order valence-electron chi connectivity index (χ3n) is 3.84. The van der Waals surface area contributed by atoms with Crippen molar-refractivity contribution in [1.82, 2.24) is 9.88 Å². The van der Waals surface area contributed by atoms with E-state index in [-0.39, 0.29) is 5.91 Å². The van der Waals surface area contributed by atoms with Crippen LogP contribution in [-0.4, -0.2) is 36.0 Å². The summed E-state index contributed by atoms with van der Waals surface area (Å²) in [5.74, 6) is 0.656. The first-order chi connectivity index (χ1) is 12.5. The molecule has 2 aromatic carbocycles. The van der Waals surface area contributed by atoms with E-state index in [2.05, 4.69) is 4.98 Å². The maximum absolute atomic E-state index is 12.5. The minimum Gasteiger partial charge on any atom is -0.492 e. The topological polar surface area (TPSA) is 42.4 Å². The molecule has 134 valence electrons. The molecule has 1 amide bonds. The van der Waals surface area contributed by atoms with Gasteiger partial charge in [-0.1, -0.05) is 29.8 Å². The number of ether oxygens (including phenoxy) is 1. The molecule has 3 rings (SSSR count). The Morgan fingerprint density at radius 2 is 2.00 bits per heavy atom. The van der Waals surface area contributed by atoms with Gasteiger partial charge in [-0.05, 0) is 37.3 Å². The van der Waals surface area contributed by atoms with E-state index in [0.717, 1.165) is 16.3 Å². The lowest BCUT2D eigenvalue weighted by molar-refractivity contribution is 0.0774. The SMILES string of the molecule is Cc1csc(-c2ccc(C(=O)N(C)CCOc3cccc(Cl)c3)cc2)n1. The second-order valence-electron chi connectivity index (χ2n) is 5.90. The number of aromatic nitrogens is 1. The minimum atomic E-state index is -0.0402. The Morgan fingerprint density at radius 3 is 2.65 bits per heavy atom. The lowest BCUT2D eigenvalue weighted by atomic mass is 10.1. The molecule has 0 fully saturated rings. The number of aryl methyl sites for hydroxylation is 1. The summed E-state index contributed by atoms with van der Waals surface area (Å²) in [6, 6.07) is 14.8. The van der Waals surface area contributed by atoms with Crippen LogP contribution >= 0.6 is 22.9 Å². The first-order valence-electron chi connectivity index (χ1n) is 8.19. The summed E-state index contributed by atoms with van der Waals surface area (Å²) in [5.41, 5.74) is 2.67. The van der Waals surface area contributed by atoms with Crippen molar-refractivity contribution >= 4 is 28.8 Å². The molecule has 26 heavy (non-hydrogen) atoms. The number of halogens is 1. The molecule has 0 aliphatic carbocycles. The molecule has 6 heteroatoms. The second-order valence-corrected chi connectivity index (χ2v) is 7.20. The molecule has 0 atom stereocenters. The number of carbonyl (C=O) groups excluding carboxylic acids is 1. The summed E-state index contributed by atoms with van der Waals surface area (Å²) in [4.78, 5) is 18.6. The number of nitrogens with zero attached hydrogens (tertiary/aromatic N) is 2. The Bertz CT molecular complexity index is 893. The molecule has 0 spiro atoms. The van der Waals surface area contributed by atoms with E-state index in [1.54, 1.807) is 35.4 Å². The lowest BCUT2D eigenvalue weighted by Crippen LogP contribution is -2.30. The van der Waals surface area contributed by atoms with Gasteiger partial charge in [0.1, 0.15) is 17.4 Å². The molecule has 0 radical (unpaired) electrons. The largest absolute Gasteiger partial charge is 0.492 e. The molecule has 3 aromatic rings. The van der Waals surface area contributed by atoms with Gasteiger partial charge in [-0.25, -0.2) is 4.98 Å². The van der Waals surface area contributed by atoms with Gasteiger partial charge in [-0.2, -0.15) is 0 Å². The summed E-state index contributed by atoms with van der Waals surface area (Å²) in [6.45, 7) is 2.86. The van der Waals surface area contributed by atoms with Crippen molar-refractivity contribution in [3.63, 3.8) is 0 Å². The Balaban J connectivity index is 1.56. The van der Waals surface area contributed by atoms with Crippen LogP contribution in [0.3, 0.4) is 0 Å². The fraction of sp³-hybridized carbons (Fsp3) is 0.200. The van der Waals surface area contributed by atoms with Gasteiger partial charge in [0.25, 0.3) is 5.91 Å². The summed E-state index contributed by atoms with van der Waals surface area (Å²) in [7, 11) is 1.77. The van der Waals surface area contributed by atoms with Gasteiger partial charge in [0.2, 0.25) is 0 Å². The van der Waals surface area contributed by atoms with E-state index in [9.17, 15) is 4.79 Å². The summed E-state index contributed by atoms with van der Waals surface area (Å²) in [5, 5.41) is 3.61. The third kappa shape index (κ3) is 4.62. The summed E-state index contributed by atoms with van der Waals surface area (Å²) in [6.07, 6.45) is 0. The number of hydrogen-bond donors (Lipinski definition) is 0. The van der Waals surface area contributed by atoms with Gasteiger partial charge in [-0.3, -0.25) is 4.79 Å². The van der Waals surface area contributed by atoms with Crippen LogP contribution in [0.2, 0.25) is 5.02 Å². The fourth-order valence-electron chi connectivity index (χ4n) is 2.42. The van der Waals surface area contributed by atoms with Crippen LogP contribution in [0.15, 0.2) is 53.9 Å². The van der Waals surface area contributed by atoms with Crippen LogP contribution in [-0.2, 0) is 0 Å². The zero-order valence-electron chi connectivity index (χ0n) is 14.6. The maximum Gasteiger partial charge on any atom is 0.253 e. The van der Waals surface area contributed by atoms with Crippen LogP contribution < -0.4 is 4.74 Å². The van der Waals surface area contributed by atoms with Gasteiger partial charge < -0.3 is 9.64 Å². The van der Waals surface area contributed by atoms with E-state index in [4.69, 9.17) is 16.3 Å². The standard InChI is InChI=1S/C20H19ClN2O2S/c1-14-13-26-19(22-14)15-6-8-16(9-7-15)20(24)23(2)10-11-25-18-5-3-4-17(21)12-18/h3-9,12-13H,10-11H2,1-2H3. The van der Waals surface area contributed by atoms with Crippen molar-refractivity contribution in [2.24, 2.45) is 0 Å². The van der Waals surface area contributed by atoms with Crippen LogP contribution in [0.5, 0.6) is 5.75 Å². The van der Waals surface area contributed by atoms with Crippen molar-refractivity contribution in [2.45, 2.75) is 6.92 Å². The van der Waals surface area contributed by atoms with Crippen LogP contribution in [0, 0.1) is 6.92 Å². The van der Waals surface area contributed by atoms with Crippen molar-refractivity contribution in [3.05, 3.63) is 70.2 Å². The molecule has 4 nitrogen and oxygen atoms in total. The molecule has 1 aromatic heterocycles. The number of rotatable bonds is 6. The molecule has 0 aliphatic rings. The molecule has 0 saturated carbocycles. The average Bonchev–Trinajstić information content (AvgIpc) is 3.07. The van der Waals surface area contributed by atoms with Gasteiger partial charge in [-0.15, -0.1) is 11.3 Å². The number of benzene rings is 2. The van der Waals surface area contributed by atoms with Crippen molar-refractivity contribution in [3.8, 4) is 16.3 Å². The predicted molar refractivity (Wildman–Crippen MR) is 106 cm³/mol. The van der Waals surface area contributed by atoms with Gasteiger partial charge >= 0.3 is 0 Å².